The van der Waals surface area contributed by atoms with Crippen LogP contribution in [-0.4, -0.2) is 46.7 Å². The van der Waals surface area contributed by atoms with Gasteiger partial charge in [-0.05, 0) is 145 Å². The molecule has 10 nitrogen and oxygen atoms in total. The topological polar surface area (TPSA) is 122 Å². The molecule has 17 aromatic rings. The summed E-state index contributed by atoms with van der Waals surface area (Å²) in [7, 11) is -8.43. The Labute approximate surface area is 525 Å². The summed E-state index contributed by atoms with van der Waals surface area (Å²) < 4.78 is 69.2. The summed E-state index contributed by atoms with van der Waals surface area (Å²) in [5, 5.41) is 7.28. The smallest absolute Gasteiger partial charge is 0.208 e. The predicted molar refractivity (Wildman–Crippen MR) is 365 cm³/mol. The van der Waals surface area contributed by atoms with Gasteiger partial charge in [0.15, 0.2) is 11.6 Å². The summed E-state index contributed by atoms with van der Waals surface area (Å²) in [6.45, 7) is 0. The molecule has 0 saturated heterocycles. The van der Waals surface area contributed by atoms with Gasteiger partial charge in [0.25, 0.3) is 0 Å². The standard InChI is InChI=1S/C80H46N4O6S2/c85-79-57-27-11-18-34-70(57)92(89,90)72-44-48(35-39-59(72)79)74-76-56-26-10-16-32-66(56)83(51-37-40-67-60(45-51)53-23-7-13-29-63(53)81(67)49-19-3-1-4-20-49)77(76)73(47-36-42-71-62(43-47)80(86)58-28-12-17-33-69(58)91(71,87)88)75-55-25-9-15-31-65(55)84(78(74)75)52-38-41-68-61(46-52)54-24-8-14-30-64(54)82(68)50-21-5-2-6-22-50/h1-46H. The molecule has 0 atom stereocenters. The number of benzene rings is 13. The van der Waals surface area contributed by atoms with Crippen LogP contribution in [0.5, 0.6) is 0 Å². The fraction of sp³-hybridized carbons (Fsp3) is 0. The second-order valence-corrected chi connectivity index (χ2v) is 27.5. The van der Waals surface area contributed by atoms with Crippen LogP contribution in [0.15, 0.2) is 299 Å². The Balaban J connectivity index is 1.02. The van der Waals surface area contributed by atoms with Crippen molar-refractivity contribution in [1.82, 2.24) is 18.3 Å². The van der Waals surface area contributed by atoms with Gasteiger partial charge in [-0.1, -0.05) is 146 Å². The average molecular weight is 1220 g/mol. The number of ketones is 2. The Kier molecular flexibility index (Phi) is 10.7. The van der Waals surface area contributed by atoms with E-state index in [0.29, 0.717) is 27.8 Å². The number of para-hydroxylation sites is 6. The number of aromatic nitrogens is 4. The molecule has 0 aliphatic carbocycles. The van der Waals surface area contributed by atoms with E-state index in [0.717, 1.165) is 104 Å². The number of sulfone groups is 2. The van der Waals surface area contributed by atoms with Gasteiger partial charge >= 0.3 is 0 Å². The van der Waals surface area contributed by atoms with Gasteiger partial charge in [0, 0.05) is 99.2 Å². The maximum atomic E-state index is 15.3. The van der Waals surface area contributed by atoms with E-state index >= 15 is 13.2 Å². The lowest BCUT2D eigenvalue weighted by Gasteiger charge is -2.22. The largest absolute Gasteiger partial charge is 0.309 e. The zero-order valence-corrected chi connectivity index (χ0v) is 50.2. The first-order valence-corrected chi connectivity index (χ1v) is 33.3. The highest BCUT2D eigenvalue weighted by atomic mass is 32.2. The zero-order chi connectivity index (χ0) is 61.5. The number of carbonyl (C=O) groups is 2. The van der Waals surface area contributed by atoms with Gasteiger partial charge in [0.2, 0.25) is 19.7 Å². The quantitative estimate of drug-likeness (QED) is 0.163. The molecule has 0 N–H and O–H groups in total. The molecule has 0 bridgehead atoms. The van der Waals surface area contributed by atoms with Gasteiger partial charge in [-0.15, -0.1) is 0 Å². The molecule has 4 aromatic heterocycles. The van der Waals surface area contributed by atoms with Gasteiger partial charge in [-0.3, -0.25) is 9.59 Å². The van der Waals surface area contributed by atoms with E-state index in [1.54, 1.807) is 60.7 Å². The van der Waals surface area contributed by atoms with E-state index in [2.05, 4.69) is 152 Å². The predicted octanol–water partition coefficient (Wildman–Crippen LogP) is 18.2. The molecule has 12 heteroatoms. The Morgan fingerprint density at radius 2 is 0.598 bits per heavy atom. The number of nitrogens with zero attached hydrogens (tertiary/aromatic N) is 4. The molecule has 0 fully saturated rings. The Hall–Kier alpha value is -11.7. The Morgan fingerprint density at radius 3 is 1.10 bits per heavy atom. The normalized spacial score (nSPS) is 14.0. The van der Waals surface area contributed by atoms with Crippen LogP contribution >= 0.6 is 0 Å². The molecule has 92 heavy (non-hydrogen) atoms. The second kappa shape index (κ2) is 18.9. The minimum atomic E-state index is -4.28. The summed E-state index contributed by atoms with van der Waals surface area (Å²) in [6, 6.07) is 90.1. The third kappa shape index (κ3) is 7.01. The molecule has 0 amide bonds. The van der Waals surface area contributed by atoms with Crippen LogP contribution in [0, 0.1) is 0 Å². The third-order valence-electron chi connectivity index (χ3n) is 19.0. The number of hydrogen-bond acceptors (Lipinski definition) is 6. The molecule has 434 valence electrons. The van der Waals surface area contributed by atoms with Crippen LogP contribution in [0.3, 0.4) is 0 Å². The molecule has 6 heterocycles. The van der Waals surface area contributed by atoms with E-state index in [-0.39, 0.29) is 47.6 Å². The molecular weight excluding hydrogens is 1180 g/mol. The highest BCUT2D eigenvalue weighted by Crippen LogP contribution is 2.54. The minimum Gasteiger partial charge on any atom is -0.309 e. The summed E-state index contributed by atoms with van der Waals surface area (Å²) in [5.41, 5.74) is 13.7. The van der Waals surface area contributed by atoms with Crippen LogP contribution < -0.4 is 0 Å². The van der Waals surface area contributed by atoms with Crippen LogP contribution in [0.4, 0.5) is 0 Å². The third-order valence-corrected chi connectivity index (χ3v) is 22.8. The Bertz CT molecular complexity index is 6450. The SMILES string of the molecule is O=C1c2ccccc2S(=O)(=O)c2ccc(-c3c4c5ccccc5n(-c5ccc6c(c5)c5ccccc5n6-c5ccccc5)c4c(-c4ccc5c(c4)S(=O)(=O)c4ccccc4C5=O)c4c5ccccc5n(-c5ccc6c(c5)c5ccccc5n6-c5ccccc5)c34)cc21. The maximum Gasteiger partial charge on any atom is 0.208 e. The van der Waals surface area contributed by atoms with Gasteiger partial charge in [-0.2, -0.15) is 0 Å². The molecular formula is C80H46N4O6S2. The van der Waals surface area contributed by atoms with E-state index in [1.807, 2.05) is 72.8 Å². The van der Waals surface area contributed by atoms with Gasteiger partial charge in [0.1, 0.15) is 0 Å². The van der Waals surface area contributed by atoms with Crippen LogP contribution in [0.25, 0.3) is 132 Å². The van der Waals surface area contributed by atoms with Crippen molar-refractivity contribution in [2.24, 2.45) is 0 Å². The summed E-state index contributed by atoms with van der Waals surface area (Å²) in [6.07, 6.45) is 0. The van der Waals surface area contributed by atoms with Crippen molar-refractivity contribution in [3.8, 4) is 45.0 Å². The van der Waals surface area contributed by atoms with E-state index < -0.39 is 25.5 Å². The minimum absolute atomic E-state index is 0.0345. The lowest BCUT2D eigenvalue weighted by Crippen LogP contribution is -2.20. The molecule has 2 aliphatic rings. The Morgan fingerprint density at radius 1 is 0.239 bits per heavy atom. The van der Waals surface area contributed by atoms with E-state index in [4.69, 9.17) is 0 Å². The fourth-order valence-corrected chi connectivity index (χ4v) is 18.5. The van der Waals surface area contributed by atoms with Crippen molar-refractivity contribution in [3.63, 3.8) is 0 Å². The van der Waals surface area contributed by atoms with E-state index in [1.165, 1.54) is 12.1 Å². The number of rotatable bonds is 6. The van der Waals surface area contributed by atoms with E-state index in [9.17, 15) is 13.2 Å². The molecule has 2 aliphatic heterocycles. The highest BCUT2D eigenvalue weighted by Gasteiger charge is 2.39. The molecule has 19 rings (SSSR count). The molecule has 0 unspecified atom stereocenters. The molecule has 0 saturated carbocycles. The lowest BCUT2D eigenvalue weighted by molar-refractivity contribution is 0.102. The van der Waals surface area contributed by atoms with Crippen molar-refractivity contribution in [3.05, 3.63) is 301 Å². The highest BCUT2D eigenvalue weighted by molar-refractivity contribution is 7.92. The summed E-state index contributed by atoms with van der Waals surface area (Å²) in [5.74, 6) is -0.791. The summed E-state index contributed by atoms with van der Waals surface area (Å²) in [4.78, 5) is 29.5. The van der Waals surface area contributed by atoms with Crippen molar-refractivity contribution in [1.29, 1.82) is 0 Å². The monoisotopic (exact) mass is 1220 g/mol. The van der Waals surface area contributed by atoms with Crippen molar-refractivity contribution in [2.45, 2.75) is 19.6 Å². The van der Waals surface area contributed by atoms with Crippen molar-refractivity contribution >= 4 is 118 Å². The van der Waals surface area contributed by atoms with Crippen molar-refractivity contribution < 1.29 is 26.4 Å². The van der Waals surface area contributed by atoms with Crippen LogP contribution in [-0.2, 0) is 19.7 Å². The summed E-state index contributed by atoms with van der Waals surface area (Å²) >= 11 is 0. The molecule has 13 aromatic carbocycles. The number of carbonyl (C=O) groups excluding carboxylic acids is 2. The van der Waals surface area contributed by atoms with Gasteiger partial charge in [-0.25, -0.2) is 16.8 Å². The first kappa shape index (κ1) is 52.3. The number of hydrogen-bond donors (Lipinski definition) is 0. The average Bonchev–Trinajstić information content (AvgIpc) is 1.50. The molecule has 0 radical (unpaired) electrons. The van der Waals surface area contributed by atoms with Gasteiger partial charge in [0.05, 0.1) is 63.7 Å². The second-order valence-electron chi connectivity index (χ2n) is 23.8. The fourth-order valence-electron chi connectivity index (χ4n) is 15.2. The van der Waals surface area contributed by atoms with Crippen molar-refractivity contribution in [2.75, 3.05) is 0 Å². The van der Waals surface area contributed by atoms with Crippen LogP contribution in [0.2, 0.25) is 0 Å². The zero-order valence-electron chi connectivity index (χ0n) is 48.6. The first-order chi connectivity index (χ1) is 45.0. The first-order valence-electron chi connectivity index (χ1n) is 30.3. The maximum absolute atomic E-state index is 15.3. The number of fused-ring (bicyclic) bond motifs is 16. The molecule has 0 spiro atoms. The van der Waals surface area contributed by atoms with Gasteiger partial charge < -0.3 is 18.3 Å². The van der Waals surface area contributed by atoms with Crippen LogP contribution in [0.1, 0.15) is 31.8 Å². The lowest BCUT2D eigenvalue weighted by atomic mass is 9.88.